The fourth-order valence-corrected chi connectivity index (χ4v) is 4.31. The van der Waals surface area contributed by atoms with Crippen molar-refractivity contribution in [2.45, 2.75) is 90.9 Å². The van der Waals surface area contributed by atoms with Gasteiger partial charge in [0, 0.05) is 18.5 Å². The highest BCUT2D eigenvalue weighted by Gasteiger charge is 2.22. The highest BCUT2D eigenvalue weighted by Crippen LogP contribution is 2.32. The van der Waals surface area contributed by atoms with E-state index in [1.54, 1.807) is 7.11 Å². The number of carbonyl (C=O) groups is 2. The molecule has 1 atom stereocenters. The molecule has 0 aliphatic heterocycles. The first kappa shape index (κ1) is 28.4. The Kier molecular flexibility index (Phi) is 11.3. The predicted octanol–water partition coefficient (Wildman–Crippen LogP) is 7.18. The molecule has 0 heterocycles. The largest absolute Gasteiger partial charge is 0.497 e. The zero-order valence-electron chi connectivity index (χ0n) is 22.4. The molecule has 0 fully saturated rings. The summed E-state index contributed by atoms with van der Waals surface area (Å²) in [4.78, 5) is 25.1. The number of nitrogens with one attached hydrogen (secondary N) is 1. The number of aryl methyl sites for hydroxylation is 1. The molecule has 0 spiro atoms. The van der Waals surface area contributed by atoms with Gasteiger partial charge in [-0.05, 0) is 66.0 Å². The van der Waals surface area contributed by atoms with Gasteiger partial charge in [0.05, 0.1) is 13.7 Å². The van der Waals surface area contributed by atoms with Crippen LogP contribution < -0.4 is 10.1 Å². The topological polar surface area (TPSA) is 64.6 Å². The molecule has 2 aromatic rings. The van der Waals surface area contributed by atoms with Crippen LogP contribution in [0.4, 0.5) is 5.69 Å². The third-order valence-corrected chi connectivity index (χ3v) is 6.26. The van der Waals surface area contributed by atoms with E-state index in [2.05, 4.69) is 51.2 Å². The van der Waals surface area contributed by atoms with Gasteiger partial charge in [-0.3, -0.25) is 9.59 Å². The molecule has 0 saturated carbocycles. The van der Waals surface area contributed by atoms with Crippen molar-refractivity contribution in [2.75, 3.05) is 19.0 Å². The Labute approximate surface area is 211 Å². The van der Waals surface area contributed by atoms with Crippen LogP contribution in [0, 0.1) is 0 Å². The number of hydrogen-bond acceptors (Lipinski definition) is 4. The smallest absolute Gasteiger partial charge is 0.306 e. The van der Waals surface area contributed by atoms with Crippen molar-refractivity contribution in [1.82, 2.24) is 0 Å². The van der Waals surface area contributed by atoms with Crippen molar-refractivity contribution in [1.29, 1.82) is 0 Å². The van der Waals surface area contributed by atoms with Crippen LogP contribution in [0.1, 0.15) is 95.8 Å². The lowest BCUT2D eigenvalue weighted by molar-refractivity contribution is -0.143. The number of anilines is 1. The van der Waals surface area contributed by atoms with Gasteiger partial charge in [-0.25, -0.2) is 0 Å². The Morgan fingerprint density at radius 2 is 1.71 bits per heavy atom. The highest BCUT2D eigenvalue weighted by atomic mass is 16.5. The minimum atomic E-state index is -0.201. The van der Waals surface area contributed by atoms with E-state index in [4.69, 9.17) is 9.47 Å². The number of esters is 1. The lowest BCUT2D eigenvalue weighted by atomic mass is 9.84. The number of ether oxygens (including phenoxy) is 2. The van der Waals surface area contributed by atoms with Crippen molar-refractivity contribution < 1.29 is 19.1 Å². The maximum atomic E-state index is 13.3. The Balaban J connectivity index is 2.20. The second-order valence-electron chi connectivity index (χ2n) is 10.2. The Hall–Kier alpha value is -2.82. The molecular weight excluding hydrogens is 438 g/mol. The van der Waals surface area contributed by atoms with Crippen LogP contribution in [0.5, 0.6) is 5.75 Å². The third kappa shape index (κ3) is 9.39. The van der Waals surface area contributed by atoms with Gasteiger partial charge >= 0.3 is 5.97 Å². The average Bonchev–Trinajstić information content (AvgIpc) is 2.82. The maximum absolute atomic E-state index is 13.3. The number of carbonyl (C=O) groups excluding carboxylic acids is 2. The molecule has 0 saturated heterocycles. The molecule has 0 aromatic heterocycles. The van der Waals surface area contributed by atoms with Crippen molar-refractivity contribution in [3.8, 4) is 5.75 Å². The molecule has 1 amide bonds. The molecule has 5 nitrogen and oxygen atoms in total. The van der Waals surface area contributed by atoms with Crippen LogP contribution in [0.15, 0.2) is 42.5 Å². The van der Waals surface area contributed by atoms with E-state index in [-0.39, 0.29) is 23.2 Å². The van der Waals surface area contributed by atoms with E-state index < -0.39 is 0 Å². The molecule has 5 heteroatoms. The lowest BCUT2D eigenvalue weighted by Gasteiger charge is -2.25. The fourth-order valence-electron chi connectivity index (χ4n) is 4.31. The summed E-state index contributed by atoms with van der Waals surface area (Å²) in [6.45, 7) is 10.8. The summed E-state index contributed by atoms with van der Waals surface area (Å²) >= 11 is 0. The Morgan fingerprint density at radius 3 is 2.31 bits per heavy atom. The van der Waals surface area contributed by atoms with Gasteiger partial charge in [0.2, 0.25) is 5.91 Å². The summed E-state index contributed by atoms with van der Waals surface area (Å²) in [5.74, 6) is 0.778. The van der Waals surface area contributed by atoms with Crippen LogP contribution in [0.25, 0.3) is 0 Å². The van der Waals surface area contributed by atoms with Crippen molar-refractivity contribution in [3.63, 3.8) is 0 Å². The summed E-state index contributed by atoms with van der Waals surface area (Å²) in [7, 11) is 1.66. The van der Waals surface area contributed by atoms with Crippen LogP contribution in [0.3, 0.4) is 0 Å². The molecule has 0 bridgehead atoms. The second kappa shape index (κ2) is 13.9. The van der Waals surface area contributed by atoms with E-state index >= 15 is 0 Å². The summed E-state index contributed by atoms with van der Waals surface area (Å²) in [6.07, 6.45) is 5.70. The SMILES string of the molecule is CCCCCC(CC(=O)Nc1cc(CCC(=O)OCC)ccc1C(C)(C)C)c1ccc(OC)cc1. The first-order valence-electron chi connectivity index (χ1n) is 12.9. The molecule has 0 aliphatic carbocycles. The molecule has 1 N–H and O–H groups in total. The minimum Gasteiger partial charge on any atom is -0.497 e. The van der Waals surface area contributed by atoms with Crippen molar-refractivity contribution in [2.24, 2.45) is 0 Å². The van der Waals surface area contributed by atoms with Gasteiger partial charge in [-0.2, -0.15) is 0 Å². The third-order valence-electron chi connectivity index (χ3n) is 6.26. The first-order chi connectivity index (χ1) is 16.7. The Morgan fingerprint density at radius 1 is 1.00 bits per heavy atom. The second-order valence-corrected chi connectivity index (χ2v) is 10.2. The van der Waals surface area contributed by atoms with E-state index in [1.165, 1.54) is 0 Å². The fraction of sp³-hybridized carbons (Fsp3) is 0.533. The van der Waals surface area contributed by atoms with Crippen LogP contribution in [-0.2, 0) is 26.2 Å². The van der Waals surface area contributed by atoms with Crippen LogP contribution in [-0.4, -0.2) is 25.6 Å². The van der Waals surface area contributed by atoms with Gasteiger partial charge in [0.25, 0.3) is 0 Å². The van der Waals surface area contributed by atoms with Crippen LogP contribution >= 0.6 is 0 Å². The van der Waals surface area contributed by atoms with Crippen molar-refractivity contribution >= 4 is 17.6 Å². The maximum Gasteiger partial charge on any atom is 0.306 e. The summed E-state index contributed by atoms with van der Waals surface area (Å²) in [6, 6.07) is 14.2. The first-order valence-corrected chi connectivity index (χ1v) is 12.9. The molecule has 0 aliphatic rings. The molecule has 0 radical (unpaired) electrons. The van der Waals surface area contributed by atoms with E-state index in [9.17, 15) is 9.59 Å². The van der Waals surface area contributed by atoms with Gasteiger partial charge in [-0.1, -0.05) is 71.2 Å². The standard InChI is InChI=1S/C30H43NO4/c1-7-9-10-11-24(23-14-16-25(34-6)17-15-23)21-28(32)31-27-20-22(13-19-29(33)35-8-2)12-18-26(27)30(3,4)5/h12,14-18,20,24H,7-11,13,19,21H2,1-6H3,(H,31,32). The van der Waals surface area contributed by atoms with Gasteiger partial charge in [0.1, 0.15) is 5.75 Å². The highest BCUT2D eigenvalue weighted by molar-refractivity contribution is 5.92. The van der Waals surface area contributed by atoms with Crippen molar-refractivity contribution in [3.05, 3.63) is 59.2 Å². The number of unbranched alkanes of at least 4 members (excludes halogenated alkanes) is 2. The quantitative estimate of drug-likeness (QED) is 0.243. The van der Waals surface area contributed by atoms with Gasteiger partial charge in [-0.15, -0.1) is 0 Å². The Bertz CT molecular complexity index is 944. The molecule has 192 valence electrons. The predicted molar refractivity (Wildman–Crippen MR) is 143 cm³/mol. The van der Waals surface area contributed by atoms with Gasteiger partial charge < -0.3 is 14.8 Å². The number of methoxy groups -OCH3 is 1. The average molecular weight is 482 g/mol. The minimum absolute atomic E-state index is 0.00959. The van der Waals surface area contributed by atoms with Gasteiger partial charge in [0.15, 0.2) is 0 Å². The monoisotopic (exact) mass is 481 g/mol. The van der Waals surface area contributed by atoms with E-state index in [0.717, 1.165) is 53.8 Å². The normalized spacial score (nSPS) is 12.2. The lowest BCUT2D eigenvalue weighted by Crippen LogP contribution is -2.20. The van der Waals surface area contributed by atoms with E-state index in [1.807, 2.05) is 31.2 Å². The summed E-state index contributed by atoms with van der Waals surface area (Å²) in [5, 5.41) is 3.20. The molecule has 1 unspecified atom stereocenters. The van der Waals surface area contributed by atoms with Crippen LogP contribution in [0.2, 0.25) is 0 Å². The zero-order valence-corrected chi connectivity index (χ0v) is 22.4. The van der Waals surface area contributed by atoms with E-state index in [0.29, 0.717) is 25.9 Å². The number of benzene rings is 2. The number of rotatable bonds is 13. The number of amides is 1. The molecule has 2 rings (SSSR count). The molecule has 35 heavy (non-hydrogen) atoms. The zero-order chi connectivity index (χ0) is 25.8. The summed E-state index contributed by atoms with van der Waals surface area (Å²) in [5.41, 5.74) is 3.95. The summed E-state index contributed by atoms with van der Waals surface area (Å²) < 4.78 is 10.4. The molecular formula is C30H43NO4. The molecule has 2 aromatic carbocycles. The number of hydrogen-bond donors (Lipinski definition) is 1.